The molecule has 10 heteroatoms. The molecular formula is C13H20N4O4S2. The fourth-order valence-corrected chi connectivity index (χ4v) is 3.44. The Morgan fingerprint density at radius 1 is 1.22 bits per heavy atom. The molecule has 128 valence electrons. The third kappa shape index (κ3) is 4.91. The van der Waals surface area contributed by atoms with Crippen LogP contribution in [0.3, 0.4) is 0 Å². The fourth-order valence-electron chi connectivity index (χ4n) is 2.17. The maximum atomic E-state index is 12.2. The minimum Gasteiger partial charge on any atom is -0.337 e. The average Bonchev–Trinajstić information content (AvgIpc) is 3.08. The zero-order valence-electron chi connectivity index (χ0n) is 12.8. The van der Waals surface area contributed by atoms with Gasteiger partial charge < -0.3 is 15.1 Å². The van der Waals surface area contributed by atoms with Gasteiger partial charge in [0.1, 0.15) is 0 Å². The van der Waals surface area contributed by atoms with E-state index in [1.54, 1.807) is 15.9 Å². The van der Waals surface area contributed by atoms with Crippen LogP contribution in [0.4, 0.5) is 4.79 Å². The number of nitrogens with one attached hydrogen (secondary N) is 2. The Kier molecular flexibility index (Phi) is 5.97. The first-order valence-corrected chi connectivity index (χ1v) is 9.73. The number of thiophene rings is 1. The summed E-state index contributed by atoms with van der Waals surface area (Å²) in [5, 5.41) is 4.44. The van der Waals surface area contributed by atoms with Crippen molar-refractivity contribution in [3.8, 4) is 0 Å². The number of rotatable bonds is 5. The first-order valence-electron chi connectivity index (χ1n) is 7.20. The molecule has 1 aliphatic heterocycles. The summed E-state index contributed by atoms with van der Waals surface area (Å²) in [6.07, 6.45) is 0. The van der Waals surface area contributed by atoms with Gasteiger partial charge in [0, 0.05) is 32.7 Å². The van der Waals surface area contributed by atoms with Crippen LogP contribution in [0.5, 0.6) is 0 Å². The van der Waals surface area contributed by atoms with E-state index < -0.39 is 10.0 Å². The van der Waals surface area contributed by atoms with Gasteiger partial charge >= 0.3 is 6.03 Å². The maximum Gasteiger partial charge on any atom is 0.317 e. The Morgan fingerprint density at radius 2 is 1.87 bits per heavy atom. The second-order valence-electron chi connectivity index (χ2n) is 5.01. The highest BCUT2D eigenvalue weighted by Gasteiger charge is 2.25. The van der Waals surface area contributed by atoms with Gasteiger partial charge in [0.15, 0.2) is 0 Å². The largest absolute Gasteiger partial charge is 0.337 e. The first-order chi connectivity index (χ1) is 10.9. The zero-order chi connectivity index (χ0) is 16.9. The van der Waals surface area contributed by atoms with Crippen molar-refractivity contribution in [3.63, 3.8) is 0 Å². The topological polar surface area (TPSA) is 98.8 Å². The number of sulfonamides is 1. The lowest BCUT2D eigenvalue weighted by Crippen LogP contribution is -2.53. The summed E-state index contributed by atoms with van der Waals surface area (Å²) < 4.78 is 24.7. The standard InChI is InChI=1S/C13H20N4O4S2/c1-14-23(20,21)10-4-15-13(19)17-7-5-16(6-8-17)12(18)11-3-2-9-22-11/h2-3,9,14H,4-8,10H2,1H3,(H,15,19). The van der Waals surface area contributed by atoms with Crippen LogP contribution in [0.1, 0.15) is 9.67 Å². The van der Waals surface area contributed by atoms with Crippen molar-refractivity contribution in [2.75, 3.05) is 45.5 Å². The maximum absolute atomic E-state index is 12.2. The molecule has 2 N–H and O–H groups in total. The summed E-state index contributed by atoms with van der Waals surface area (Å²) in [7, 11) is -1.99. The van der Waals surface area contributed by atoms with E-state index in [0.29, 0.717) is 31.1 Å². The van der Waals surface area contributed by atoms with Crippen LogP contribution in [0, 0.1) is 0 Å². The molecule has 0 unspecified atom stereocenters. The van der Waals surface area contributed by atoms with Crippen molar-refractivity contribution in [1.29, 1.82) is 0 Å². The van der Waals surface area contributed by atoms with Crippen LogP contribution < -0.4 is 10.0 Å². The smallest absolute Gasteiger partial charge is 0.317 e. The number of hydrogen-bond acceptors (Lipinski definition) is 5. The van der Waals surface area contributed by atoms with Gasteiger partial charge in [0.2, 0.25) is 10.0 Å². The highest BCUT2D eigenvalue weighted by Crippen LogP contribution is 2.13. The second kappa shape index (κ2) is 7.75. The number of amides is 3. The fraction of sp³-hybridized carbons (Fsp3) is 0.538. The molecule has 3 amide bonds. The minimum atomic E-state index is -3.33. The lowest BCUT2D eigenvalue weighted by molar-refractivity contribution is 0.0670. The molecule has 8 nitrogen and oxygen atoms in total. The minimum absolute atomic E-state index is 0.0137. The summed E-state index contributed by atoms with van der Waals surface area (Å²) in [6.45, 7) is 1.86. The normalized spacial score (nSPS) is 15.5. The lowest BCUT2D eigenvalue weighted by Gasteiger charge is -2.34. The van der Waals surface area contributed by atoms with E-state index in [0.717, 1.165) is 0 Å². The van der Waals surface area contributed by atoms with E-state index in [-0.39, 0.29) is 24.2 Å². The van der Waals surface area contributed by atoms with Gasteiger partial charge in [-0.05, 0) is 18.5 Å². The van der Waals surface area contributed by atoms with E-state index in [9.17, 15) is 18.0 Å². The number of piperazine rings is 1. The molecular weight excluding hydrogens is 340 g/mol. The summed E-state index contributed by atoms with van der Waals surface area (Å²) in [5.41, 5.74) is 0. The predicted octanol–water partition coefficient (Wildman–Crippen LogP) is -0.235. The Bertz CT molecular complexity index is 637. The van der Waals surface area contributed by atoms with Crippen LogP contribution in [-0.2, 0) is 10.0 Å². The summed E-state index contributed by atoms with van der Waals surface area (Å²) in [5.74, 6) is -0.174. The summed E-state index contributed by atoms with van der Waals surface area (Å²) in [4.78, 5) is 28.2. The van der Waals surface area contributed by atoms with Gasteiger partial charge in [0.05, 0.1) is 10.6 Å². The number of urea groups is 1. The SMILES string of the molecule is CNS(=O)(=O)CCNC(=O)N1CCN(C(=O)c2cccs2)CC1. The van der Waals surface area contributed by atoms with Gasteiger partial charge in [-0.25, -0.2) is 17.9 Å². The van der Waals surface area contributed by atoms with E-state index in [1.165, 1.54) is 18.4 Å². The molecule has 0 aromatic carbocycles. The highest BCUT2D eigenvalue weighted by molar-refractivity contribution is 7.89. The van der Waals surface area contributed by atoms with Gasteiger partial charge in [0.25, 0.3) is 5.91 Å². The molecule has 0 bridgehead atoms. The molecule has 1 aromatic rings. The van der Waals surface area contributed by atoms with Crippen LogP contribution in [-0.4, -0.2) is 75.7 Å². The summed E-state index contributed by atoms with van der Waals surface area (Å²) >= 11 is 1.40. The van der Waals surface area contributed by atoms with Crippen LogP contribution >= 0.6 is 11.3 Å². The lowest BCUT2D eigenvalue weighted by atomic mass is 10.3. The van der Waals surface area contributed by atoms with Gasteiger partial charge in [-0.1, -0.05) is 6.07 Å². The highest BCUT2D eigenvalue weighted by atomic mass is 32.2. The molecule has 1 aromatic heterocycles. The Balaban J connectivity index is 1.75. The molecule has 2 rings (SSSR count). The molecule has 0 aliphatic carbocycles. The van der Waals surface area contributed by atoms with Crippen molar-refractivity contribution in [2.24, 2.45) is 0 Å². The molecule has 0 spiro atoms. The Morgan fingerprint density at radius 3 is 2.43 bits per heavy atom. The molecule has 1 fully saturated rings. The third-order valence-electron chi connectivity index (χ3n) is 3.54. The second-order valence-corrected chi connectivity index (χ2v) is 8.01. The van der Waals surface area contributed by atoms with Crippen molar-refractivity contribution in [2.45, 2.75) is 0 Å². The van der Waals surface area contributed by atoms with Crippen molar-refractivity contribution in [1.82, 2.24) is 19.8 Å². The Labute approximate surface area is 139 Å². The molecule has 1 aliphatic rings. The summed E-state index contributed by atoms with van der Waals surface area (Å²) in [6, 6.07) is 3.31. The number of hydrogen-bond donors (Lipinski definition) is 2. The van der Waals surface area contributed by atoms with E-state index >= 15 is 0 Å². The van der Waals surface area contributed by atoms with Crippen LogP contribution in [0.15, 0.2) is 17.5 Å². The number of nitrogens with zero attached hydrogens (tertiary/aromatic N) is 2. The van der Waals surface area contributed by atoms with Gasteiger partial charge in [-0.2, -0.15) is 0 Å². The van der Waals surface area contributed by atoms with E-state index in [1.807, 2.05) is 11.4 Å². The predicted molar refractivity (Wildman–Crippen MR) is 88.0 cm³/mol. The number of carbonyl (C=O) groups is 2. The molecule has 1 saturated heterocycles. The van der Waals surface area contributed by atoms with Crippen molar-refractivity contribution >= 4 is 33.3 Å². The molecule has 2 heterocycles. The molecule has 0 radical (unpaired) electrons. The van der Waals surface area contributed by atoms with Crippen molar-refractivity contribution < 1.29 is 18.0 Å². The molecule has 0 saturated carbocycles. The van der Waals surface area contributed by atoms with Crippen molar-refractivity contribution in [3.05, 3.63) is 22.4 Å². The average molecular weight is 360 g/mol. The Hall–Kier alpha value is -1.65. The number of carbonyl (C=O) groups excluding carboxylic acids is 2. The van der Waals surface area contributed by atoms with E-state index in [2.05, 4.69) is 10.0 Å². The van der Waals surface area contributed by atoms with Gasteiger partial charge in [-0.15, -0.1) is 11.3 Å². The van der Waals surface area contributed by atoms with Crippen LogP contribution in [0.25, 0.3) is 0 Å². The quantitative estimate of drug-likeness (QED) is 0.757. The van der Waals surface area contributed by atoms with E-state index in [4.69, 9.17) is 0 Å². The van der Waals surface area contributed by atoms with Gasteiger partial charge in [-0.3, -0.25) is 4.79 Å². The molecule has 0 atom stereocenters. The third-order valence-corrected chi connectivity index (χ3v) is 5.77. The zero-order valence-corrected chi connectivity index (χ0v) is 14.5. The van der Waals surface area contributed by atoms with Crippen LogP contribution in [0.2, 0.25) is 0 Å². The molecule has 23 heavy (non-hydrogen) atoms. The monoisotopic (exact) mass is 360 g/mol. The first kappa shape index (κ1) is 17.7.